The summed E-state index contributed by atoms with van der Waals surface area (Å²) in [6.45, 7) is 4.30. The molecule has 1 aromatic carbocycles. The van der Waals surface area contributed by atoms with Gasteiger partial charge in [-0.15, -0.1) is 0 Å². The summed E-state index contributed by atoms with van der Waals surface area (Å²) in [6, 6.07) is 6.15. The third-order valence-electron chi connectivity index (χ3n) is 4.53. The summed E-state index contributed by atoms with van der Waals surface area (Å²) in [6.07, 6.45) is 0.939. The normalized spacial score (nSPS) is 19.5. The predicted octanol–water partition coefficient (Wildman–Crippen LogP) is 2.56. The second kappa shape index (κ2) is 5.23. The van der Waals surface area contributed by atoms with Crippen molar-refractivity contribution in [1.82, 2.24) is 14.7 Å². The lowest BCUT2D eigenvalue weighted by Crippen LogP contribution is -2.41. The van der Waals surface area contributed by atoms with Crippen molar-refractivity contribution in [3.8, 4) is 0 Å². The van der Waals surface area contributed by atoms with Gasteiger partial charge in [-0.05, 0) is 17.9 Å². The van der Waals surface area contributed by atoms with E-state index in [1.54, 1.807) is 7.05 Å². The molecule has 0 saturated carbocycles. The summed E-state index contributed by atoms with van der Waals surface area (Å²) in [5.74, 6) is -0.192. The lowest BCUT2D eigenvalue weighted by molar-refractivity contribution is -0.147. The van der Waals surface area contributed by atoms with Crippen molar-refractivity contribution in [3.05, 3.63) is 29.5 Å². The zero-order valence-electron chi connectivity index (χ0n) is 13.5. The standard InChI is InChI=1S/C17H21N3O2/c1-10(2)11-6-5-7-12-15(18-20(4)16(11)12)13-8-9-14(21)19(3)17(13)22/h5-7,10,13H,8-9H2,1-4H3. The molecule has 5 nitrogen and oxygen atoms in total. The van der Waals surface area contributed by atoms with Crippen LogP contribution < -0.4 is 0 Å². The van der Waals surface area contributed by atoms with Crippen LogP contribution in [0.25, 0.3) is 10.9 Å². The van der Waals surface area contributed by atoms with Gasteiger partial charge in [-0.25, -0.2) is 0 Å². The van der Waals surface area contributed by atoms with Crippen LogP contribution >= 0.6 is 0 Å². The van der Waals surface area contributed by atoms with Gasteiger partial charge in [0.15, 0.2) is 0 Å². The topological polar surface area (TPSA) is 55.2 Å². The molecule has 1 aliphatic heterocycles. The van der Waals surface area contributed by atoms with Crippen molar-refractivity contribution in [2.45, 2.75) is 38.5 Å². The Hall–Kier alpha value is -2.17. The fraction of sp³-hybridized carbons (Fsp3) is 0.471. The molecular weight excluding hydrogens is 278 g/mol. The second-order valence-corrected chi connectivity index (χ2v) is 6.29. The number of fused-ring (bicyclic) bond motifs is 1. The van der Waals surface area contributed by atoms with E-state index in [1.165, 1.54) is 10.5 Å². The summed E-state index contributed by atoms with van der Waals surface area (Å²) < 4.78 is 1.86. The van der Waals surface area contributed by atoms with E-state index in [-0.39, 0.29) is 17.7 Å². The predicted molar refractivity (Wildman–Crippen MR) is 84.6 cm³/mol. The number of hydrogen-bond acceptors (Lipinski definition) is 3. The number of carbonyl (C=O) groups is 2. The Balaban J connectivity index is 2.15. The van der Waals surface area contributed by atoms with E-state index < -0.39 is 0 Å². The summed E-state index contributed by atoms with van der Waals surface area (Å²) in [5, 5.41) is 5.65. The van der Waals surface area contributed by atoms with Crippen molar-refractivity contribution in [2.75, 3.05) is 7.05 Å². The van der Waals surface area contributed by atoms with Crippen molar-refractivity contribution in [2.24, 2.45) is 7.05 Å². The molecule has 3 rings (SSSR count). The number of para-hydroxylation sites is 1. The maximum Gasteiger partial charge on any atom is 0.238 e. The van der Waals surface area contributed by atoms with Gasteiger partial charge in [0.2, 0.25) is 11.8 Å². The number of amides is 2. The number of likely N-dealkylation sites (tertiary alicyclic amines) is 1. The first-order valence-electron chi connectivity index (χ1n) is 7.67. The largest absolute Gasteiger partial charge is 0.285 e. The molecule has 1 aromatic heterocycles. The molecule has 22 heavy (non-hydrogen) atoms. The van der Waals surface area contributed by atoms with E-state index in [4.69, 9.17) is 0 Å². The molecule has 116 valence electrons. The van der Waals surface area contributed by atoms with E-state index in [2.05, 4.69) is 25.0 Å². The highest BCUT2D eigenvalue weighted by molar-refractivity contribution is 6.02. The minimum atomic E-state index is -0.325. The van der Waals surface area contributed by atoms with Crippen molar-refractivity contribution >= 4 is 22.7 Å². The summed E-state index contributed by atoms with van der Waals surface area (Å²) in [4.78, 5) is 25.4. The van der Waals surface area contributed by atoms with Crippen molar-refractivity contribution in [3.63, 3.8) is 0 Å². The number of hydrogen-bond donors (Lipinski definition) is 0. The number of imide groups is 1. The maximum atomic E-state index is 12.5. The number of rotatable bonds is 2. The van der Waals surface area contributed by atoms with Crippen LogP contribution in [0.4, 0.5) is 0 Å². The smallest absolute Gasteiger partial charge is 0.238 e. The van der Waals surface area contributed by atoms with Gasteiger partial charge < -0.3 is 0 Å². The zero-order valence-corrected chi connectivity index (χ0v) is 13.5. The van der Waals surface area contributed by atoms with Crippen LogP contribution in [0.2, 0.25) is 0 Å². The van der Waals surface area contributed by atoms with Gasteiger partial charge in [0.05, 0.1) is 17.1 Å². The molecule has 0 N–H and O–H groups in total. The number of aromatic nitrogens is 2. The van der Waals surface area contributed by atoms with Crippen LogP contribution in [0.1, 0.15) is 49.8 Å². The molecule has 5 heteroatoms. The van der Waals surface area contributed by atoms with Gasteiger partial charge in [-0.2, -0.15) is 5.10 Å². The van der Waals surface area contributed by atoms with Crippen LogP contribution in [0.3, 0.4) is 0 Å². The number of likely N-dealkylation sites (N-methyl/N-ethyl adjacent to an activating group) is 1. The first kappa shape index (κ1) is 14.8. The second-order valence-electron chi connectivity index (χ2n) is 6.29. The number of nitrogens with zero attached hydrogens (tertiary/aromatic N) is 3. The lowest BCUT2D eigenvalue weighted by Gasteiger charge is -2.26. The van der Waals surface area contributed by atoms with Gasteiger partial charge in [0.1, 0.15) is 0 Å². The first-order chi connectivity index (χ1) is 10.4. The Bertz CT molecular complexity index is 761. The zero-order chi connectivity index (χ0) is 16.0. The number of carbonyl (C=O) groups excluding carboxylic acids is 2. The number of piperidine rings is 1. The van der Waals surface area contributed by atoms with Gasteiger partial charge in [-0.1, -0.05) is 32.0 Å². The number of benzene rings is 1. The third kappa shape index (κ3) is 2.12. The molecule has 2 amide bonds. The van der Waals surface area contributed by atoms with E-state index >= 15 is 0 Å². The highest BCUT2D eigenvalue weighted by atomic mass is 16.2. The fourth-order valence-electron chi connectivity index (χ4n) is 3.29. The molecule has 2 aromatic rings. The Labute approximate surface area is 129 Å². The Morgan fingerprint density at radius 2 is 1.95 bits per heavy atom. The molecule has 1 aliphatic rings. The molecule has 1 fully saturated rings. The highest BCUT2D eigenvalue weighted by Gasteiger charge is 2.35. The van der Waals surface area contributed by atoms with E-state index in [0.717, 1.165) is 16.6 Å². The van der Waals surface area contributed by atoms with Gasteiger partial charge >= 0.3 is 0 Å². The molecule has 0 bridgehead atoms. The first-order valence-corrected chi connectivity index (χ1v) is 7.67. The molecule has 0 radical (unpaired) electrons. The Morgan fingerprint density at radius 3 is 2.64 bits per heavy atom. The maximum absolute atomic E-state index is 12.5. The van der Waals surface area contributed by atoms with Crippen molar-refractivity contribution < 1.29 is 9.59 Å². The van der Waals surface area contributed by atoms with Crippen LogP contribution in [-0.4, -0.2) is 33.5 Å². The summed E-state index contributed by atoms with van der Waals surface area (Å²) >= 11 is 0. The van der Waals surface area contributed by atoms with E-state index in [0.29, 0.717) is 18.8 Å². The molecule has 1 atom stereocenters. The lowest BCUT2D eigenvalue weighted by atomic mass is 9.90. The van der Waals surface area contributed by atoms with Crippen LogP contribution in [-0.2, 0) is 16.6 Å². The third-order valence-corrected chi connectivity index (χ3v) is 4.53. The average molecular weight is 299 g/mol. The molecular formula is C17H21N3O2. The van der Waals surface area contributed by atoms with Crippen LogP contribution in [0.15, 0.2) is 18.2 Å². The van der Waals surface area contributed by atoms with Crippen LogP contribution in [0, 0.1) is 0 Å². The molecule has 1 saturated heterocycles. The van der Waals surface area contributed by atoms with E-state index in [9.17, 15) is 9.59 Å². The number of aryl methyl sites for hydroxylation is 1. The molecule has 1 unspecified atom stereocenters. The van der Waals surface area contributed by atoms with Crippen LogP contribution in [0.5, 0.6) is 0 Å². The molecule has 2 heterocycles. The average Bonchev–Trinajstić information content (AvgIpc) is 2.82. The Morgan fingerprint density at radius 1 is 1.23 bits per heavy atom. The summed E-state index contributed by atoms with van der Waals surface area (Å²) in [7, 11) is 3.47. The summed E-state index contributed by atoms with van der Waals surface area (Å²) in [5.41, 5.74) is 3.11. The Kier molecular flexibility index (Phi) is 3.51. The SMILES string of the molecule is CC(C)c1cccc2c(C3CCC(=O)N(C)C3=O)nn(C)c12. The quantitative estimate of drug-likeness (QED) is 0.801. The minimum absolute atomic E-state index is 0.107. The minimum Gasteiger partial charge on any atom is -0.285 e. The monoisotopic (exact) mass is 299 g/mol. The highest BCUT2D eigenvalue weighted by Crippen LogP contribution is 2.34. The van der Waals surface area contributed by atoms with Gasteiger partial charge in [0, 0.05) is 25.9 Å². The van der Waals surface area contributed by atoms with Gasteiger partial charge in [0.25, 0.3) is 0 Å². The van der Waals surface area contributed by atoms with Crippen molar-refractivity contribution in [1.29, 1.82) is 0 Å². The van der Waals surface area contributed by atoms with E-state index in [1.807, 2.05) is 23.9 Å². The molecule has 0 aliphatic carbocycles. The fourth-order valence-corrected chi connectivity index (χ4v) is 3.29. The van der Waals surface area contributed by atoms with Gasteiger partial charge in [-0.3, -0.25) is 19.2 Å². The molecule has 0 spiro atoms.